The monoisotopic (exact) mass is 603 g/mol. The molecule has 0 bridgehead atoms. The van der Waals surface area contributed by atoms with Gasteiger partial charge in [0.15, 0.2) is 0 Å². The van der Waals surface area contributed by atoms with Crippen LogP contribution in [-0.2, 0) is 0 Å². The van der Waals surface area contributed by atoms with E-state index in [1.807, 2.05) is 12.1 Å². The molecule has 1 unspecified atom stereocenters. The van der Waals surface area contributed by atoms with Crippen LogP contribution in [0.1, 0.15) is 13.3 Å². The second kappa shape index (κ2) is 11.2. The summed E-state index contributed by atoms with van der Waals surface area (Å²) in [5.41, 5.74) is 10.2. The number of hydrogen-bond acceptors (Lipinski definition) is 2. The molecule has 1 heterocycles. The van der Waals surface area contributed by atoms with Gasteiger partial charge in [0, 0.05) is 27.8 Å². The number of anilines is 2. The molecule has 1 aliphatic carbocycles. The van der Waals surface area contributed by atoms with Crippen LogP contribution in [0.5, 0.6) is 0 Å². The van der Waals surface area contributed by atoms with E-state index in [0.29, 0.717) is 5.92 Å². The quantitative estimate of drug-likeness (QED) is 0.182. The molecule has 7 aromatic carbocycles. The van der Waals surface area contributed by atoms with Crippen molar-refractivity contribution in [2.75, 3.05) is 4.90 Å². The van der Waals surface area contributed by atoms with Crippen LogP contribution in [0.4, 0.5) is 11.4 Å². The fourth-order valence-corrected chi connectivity index (χ4v) is 7.12. The Balaban J connectivity index is 1.19. The standard InChI is InChI=1S/C45H33NO/c1-30-15-21-35(22-16-30)46(36-23-17-32(18-24-36)31-9-3-2-4-10-31)37-25-19-33-27-41(38-11-5-6-12-39(38)42(33)29-37)34-20-26-45-43(28-34)40-13-7-8-14-44(40)47-45/h2-15,17-30H,16H2,1H3. The summed E-state index contributed by atoms with van der Waals surface area (Å²) in [6, 6.07) is 52.5. The maximum atomic E-state index is 6.14. The second-order valence-electron chi connectivity index (χ2n) is 12.6. The fraction of sp³-hybridized carbons (Fsp3) is 0.0667. The molecule has 0 radical (unpaired) electrons. The van der Waals surface area contributed by atoms with E-state index in [2.05, 4.69) is 164 Å². The lowest BCUT2D eigenvalue weighted by Gasteiger charge is -2.29. The fourth-order valence-electron chi connectivity index (χ4n) is 7.12. The van der Waals surface area contributed by atoms with E-state index in [9.17, 15) is 0 Å². The summed E-state index contributed by atoms with van der Waals surface area (Å²) in [6.07, 6.45) is 8.00. The van der Waals surface area contributed by atoms with E-state index >= 15 is 0 Å². The first-order valence-electron chi connectivity index (χ1n) is 16.4. The zero-order valence-electron chi connectivity index (χ0n) is 26.2. The van der Waals surface area contributed by atoms with Crippen molar-refractivity contribution in [1.29, 1.82) is 0 Å². The summed E-state index contributed by atoms with van der Waals surface area (Å²) in [4.78, 5) is 2.40. The minimum absolute atomic E-state index is 0.541. The van der Waals surface area contributed by atoms with E-state index in [1.165, 1.54) is 49.5 Å². The van der Waals surface area contributed by atoms with Gasteiger partial charge in [-0.05, 0) is 111 Å². The highest BCUT2D eigenvalue weighted by Gasteiger charge is 2.18. The van der Waals surface area contributed by atoms with Crippen LogP contribution in [0.15, 0.2) is 174 Å². The first-order chi connectivity index (χ1) is 23.2. The highest BCUT2D eigenvalue weighted by molar-refractivity contribution is 6.15. The Morgan fingerprint density at radius 1 is 0.532 bits per heavy atom. The molecule has 0 saturated carbocycles. The van der Waals surface area contributed by atoms with Gasteiger partial charge in [0.2, 0.25) is 0 Å². The number of nitrogens with zero attached hydrogens (tertiary/aromatic N) is 1. The van der Waals surface area contributed by atoms with Crippen molar-refractivity contribution in [2.45, 2.75) is 13.3 Å². The smallest absolute Gasteiger partial charge is 0.135 e. The van der Waals surface area contributed by atoms with Gasteiger partial charge in [-0.25, -0.2) is 0 Å². The highest BCUT2D eigenvalue weighted by Crippen LogP contribution is 2.41. The van der Waals surface area contributed by atoms with Crippen LogP contribution in [0.25, 0.3) is 65.7 Å². The molecule has 2 heteroatoms. The van der Waals surface area contributed by atoms with Crippen molar-refractivity contribution in [2.24, 2.45) is 5.92 Å². The summed E-state index contributed by atoms with van der Waals surface area (Å²) in [5.74, 6) is 0.541. The molecule has 0 saturated heterocycles. The summed E-state index contributed by atoms with van der Waals surface area (Å²) in [6.45, 7) is 2.27. The number of rotatable bonds is 5. The van der Waals surface area contributed by atoms with Crippen molar-refractivity contribution in [3.63, 3.8) is 0 Å². The molecular formula is C45H33NO. The van der Waals surface area contributed by atoms with Gasteiger partial charge < -0.3 is 9.32 Å². The van der Waals surface area contributed by atoms with E-state index in [0.717, 1.165) is 39.7 Å². The van der Waals surface area contributed by atoms with Gasteiger partial charge in [0.1, 0.15) is 11.2 Å². The Morgan fingerprint density at radius 3 is 2.02 bits per heavy atom. The predicted molar refractivity (Wildman–Crippen MR) is 199 cm³/mol. The maximum absolute atomic E-state index is 6.14. The molecule has 2 nitrogen and oxygen atoms in total. The Morgan fingerprint density at radius 2 is 1.21 bits per heavy atom. The molecule has 1 aromatic heterocycles. The highest BCUT2D eigenvalue weighted by atomic mass is 16.3. The Hall–Kier alpha value is -5.86. The van der Waals surface area contributed by atoms with E-state index in [4.69, 9.17) is 4.42 Å². The molecular weight excluding hydrogens is 571 g/mol. The predicted octanol–water partition coefficient (Wildman–Crippen LogP) is 12.8. The lowest BCUT2D eigenvalue weighted by Crippen LogP contribution is -2.17. The number of benzene rings is 7. The Labute approximate surface area is 274 Å². The number of fused-ring (bicyclic) bond motifs is 6. The van der Waals surface area contributed by atoms with E-state index in [-0.39, 0.29) is 0 Å². The molecule has 0 amide bonds. The molecule has 1 atom stereocenters. The molecule has 0 fully saturated rings. The van der Waals surface area contributed by atoms with Gasteiger partial charge in [-0.1, -0.05) is 116 Å². The number of hydrogen-bond donors (Lipinski definition) is 0. The van der Waals surface area contributed by atoms with Crippen molar-refractivity contribution in [3.05, 3.63) is 170 Å². The molecule has 47 heavy (non-hydrogen) atoms. The molecule has 0 spiro atoms. The molecule has 224 valence electrons. The van der Waals surface area contributed by atoms with E-state index < -0.39 is 0 Å². The largest absolute Gasteiger partial charge is 0.456 e. The van der Waals surface area contributed by atoms with Gasteiger partial charge in [0.05, 0.1) is 0 Å². The Kier molecular flexibility index (Phi) is 6.53. The van der Waals surface area contributed by atoms with Crippen molar-refractivity contribution >= 4 is 54.9 Å². The van der Waals surface area contributed by atoms with Crippen LogP contribution in [-0.4, -0.2) is 0 Å². The molecule has 1 aliphatic rings. The molecule has 9 rings (SSSR count). The van der Waals surface area contributed by atoms with Crippen LogP contribution in [0.3, 0.4) is 0 Å². The van der Waals surface area contributed by atoms with Crippen molar-refractivity contribution < 1.29 is 4.42 Å². The lowest BCUT2D eigenvalue weighted by atomic mass is 9.92. The average Bonchev–Trinajstić information content (AvgIpc) is 3.51. The van der Waals surface area contributed by atoms with Crippen LogP contribution in [0, 0.1) is 5.92 Å². The van der Waals surface area contributed by atoms with Gasteiger partial charge in [0.25, 0.3) is 0 Å². The zero-order valence-corrected chi connectivity index (χ0v) is 26.2. The van der Waals surface area contributed by atoms with E-state index in [1.54, 1.807) is 0 Å². The zero-order chi connectivity index (χ0) is 31.3. The number of para-hydroxylation sites is 1. The van der Waals surface area contributed by atoms with Gasteiger partial charge in [-0.15, -0.1) is 0 Å². The first-order valence-corrected chi connectivity index (χ1v) is 16.4. The third-order valence-corrected chi connectivity index (χ3v) is 9.58. The van der Waals surface area contributed by atoms with Crippen molar-refractivity contribution in [3.8, 4) is 22.3 Å². The minimum Gasteiger partial charge on any atom is -0.456 e. The Bertz CT molecular complexity index is 2500. The lowest BCUT2D eigenvalue weighted by molar-refractivity contribution is 0.669. The number of allylic oxidation sites excluding steroid dienone is 3. The van der Waals surface area contributed by atoms with Gasteiger partial charge in [-0.3, -0.25) is 0 Å². The summed E-state index contributed by atoms with van der Waals surface area (Å²) in [5, 5.41) is 7.26. The SMILES string of the molecule is CC1C=CC(N(c2ccc(-c3ccccc3)cc2)c2ccc3cc(-c4ccc5oc6ccccc6c5c4)c4ccccc4c3c2)=CC1. The summed E-state index contributed by atoms with van der Waals surface area (Å²) >= 11 is 0. The average molecular weight is 604 g/mol. The third-order valence-electron chi connectivity index (χ3n) is 9.58. The topological polar surface area (TPSA) is 16.4 Å². The number of furan rings is 1. The third kappa shape index (κ3) is 4.81. The van der Waals surface area contributed by atoms with Crippen LogP contribution >= 0.6 is 0 Å². The second-order valence-corrected chi connectivity index (χ2v) is 12.6. The minimum atomic E-state index is 0.541. The van der Waals surface area contributed by atoms with Crippen LogP contribution < -0.4 is 4.90 Å². The maximum Gasteiger partial charge on any atom is 0.135 e. The normalized spacial score (nSPS) is 14.7. The molecule has 8 aromatic rings. The molecule has 0 N–H and O–H groups in total. The van der Waals surface area contributed by atoms with Crippen LogP contribution in [0.2, 0.25) is 0 Å². The summed E-state index contributed by atoms with van der Waals surface area (Å²) < 4.78 is 6.14. The van der Waals surface area contributed by atoms with Gasteiger partial charge >= 0.3 is 0 Å². The molecule has 0 aliphatic heterocycles. The summed E-state index contributed by atoms with van der Waals surface area (Å²) in [7, 11) is 0. The van der Waals surface area contributed by atoms with Crippen molar-refractivity contribution in [1.82, 2.24) is 0 Å². The van der Waals surface area contributed by atoms with Gasteiger partial charge in [-0.2, -0.15) is 0 Å². The first kappa shape index (κ1) is 27.5.